The molecule has 1 fully saturated rings. The highest BCUT2D eigenvalue weighted by molar-refractivity contribution is 7.88. The normalized spacial score (nSPS) is 19.5. The Morgan fingerprint density at radius 2 is 1.95 bits per heavy atom. The van der Waals surface area contributed by atoms with Gasteiger partial charge in [-0.15, -0.1) is 0 Å². The van der Waals surface area contributed by atoms with Crippen LogP contribution in [0.15, 0.2) is 55.1 Å². The Bertz CT molecular complexity index is 1420. The maximum absolute atomic E-state index is 13.6. The van der Waals surface area contributed by atoms with Crippen molar-refractivity contribution in [2.24, 2.45) is 5.41 Å². The summed E-state index contributed by atoms with van der Waals surface area (Å²) < 4.78 is 28.3. The van der Waals surface area contributed by atoms with E-state index in [0.29, 0.717) is 29.1 Å². The van der Waals surface area contributed by atoms with Crippen LogP contribution in [-0.2, 0) is 14.8 Å². The monoisotopic (exact) mass is 545 g/mol. The third kappa shape index (κ3) is 6.31. The van der Waals surface area contributed by atoms with Crippen molar-refractivity contribution in [3.63, 3.8) is 0 Å². The summed E-state index contributed by atoms with van der Waals surface area (Å²) in [6, 6.07) is 9.58. The number of carbonyl (C=O) groups excluding carboxylic acids is 2. The van der Waals surface area contributed by atoms with Crippen LogP contribution < -0.4 is 10.0 Å². The first-order valence-corrected chi connectivity index (χ1v) is 14.3. The van der Waals surface area contributed by atoms with Gasteiger partial charge in [-0.05, 0) is 41.7 Å². The second kappa shape index (κ2) is 10.4. The van der Waals surface area contributed by atoms with Gasteiger partial charge in [-0.3, -0.25) is 9.59 Å². The highest BCUT2D eigenvalue weighted by Crippen LogP contribution is 2.32. The number of pyridine rings is 1. The number of fused-ring (bicyclic) bond motifs is 1. The molecule has 1 aromatic carbocycles. The summed E-state index contributed by atoms with van der Waals surface area (Å²) in [5.74, 6) is -0.713. The molecule has 2 aromatic heterocycles. The highest BCUT2D eigenvalue weighted by Gasteiger charge is 2.39. The number of imidazole rings is 1. The van der Waals surface area contributed by atoms with E-state index in [4.69, 9.17) is 11.6 Å². The summed E-state index contributed by atoms with van der Waals surface area (Å²) in [6.07, 6.45) is 6.75. The molecule has 37 heavy (non-hydrogen) atoms. The van der Waals surface area contributed by atoms with Crippen LogP contribution in [0.4, 0.5) is 0 Å². The van der Waals surface area contributed by atoms with Gasteiger partial charge in [0.15, 0.2) is 0 Å². The van der Waals surface area contributed by atoms with Gasteiger partial charge in [-0.2, -0.15) is 0 Å². The maximum atomic E-state index is 13.6. The lowest BCUT2D eigenvalue weighted by Crippen LogP contribution is -2.59. The number of likely N-dealkylation sites (tertiary alicyclic amines) is 1. The zero-order valence-corrected chi connectivity index (χ0v) is 22.9. The SMILES string of the molecule is CC(C)(C)[C@H](NS(C)(=O)=O)C(=O)N[C@@H]1CN(C(=O)c2cccn3cncc23)CC[C@H]1c1cccc(Cl)c1. The molecule has 1 aliphatic heterocycles. The predicted molar refractivity (Wildman–Crippen MR) is 143 cm³/mol. The van der Waals surface area contributed by atoms with Crippen LogP contribution in [0.25, 0.3) is 5.52 Å². The van der Waals surface area contributed by atoms with Crippen LogP contribution in [0.3, 0.4) is 0 Å². The third-order valence-corrected chi connectivity index (χ3v) is 7.55. The zero-order valence-electron chi connectivity index (χ0n) is 21.3. The number of hydrogen-bond acceptors (Lipinski definition) is 5. The second-order valence-electron chi connectivity index (χ2n) is 10.6. The Labute approximate surface area is 222 Å². The van der Waals surface area contributed by atoms with Crippen molar-refractivity contribution < 1.29 is 18.0 Å². The molecule has 3 aromatic rings. The number of rotatable bonds is 6. The van der Waals surface area contributed by atoms with Crippen molar-refractivity contribution in [3.05, 3.63) is 71.3 Å². The zero-order chi connectivity index (χ0) is 27.0. The van der Waals surface area contributed by atoms with Crippen LogP contribution in [0, 0.1) is 5.41 Å². The first-order valence-electron chi connectivity index (χ1n) is 12.1. The summed E-state index contributed by atoms with van der Waals surface area (Å²) in [7, 11) is -3.64. The summed E-state index contributed by atoms with van der Waals surface area (Å²) in [5.41, 5.74) is 1.50. The van der Waals surface area contributed by atoms with Gasteiger partial charge in [0.25, 0.3) is 5.91 Å². The van der Waals surface area contributed by atoms with E-state index in [1.807, 2.05) is 24.4 Å². The first-order chi connectivity index (χ1) is 17.3. The van der Waals surface area contributed by atoms with E-state index >= 15 is 0 Å². The molecule has 0 unspecified atom stereocenters. The number of halogens is 1. The molecular weight excluding hydrogens is 514 g/mol. The van der Waals surface area contributed by atoms with Gasteiger partial charge in [-0.1, -0.05) is 44.5 Å². The van der Waals surface area contributed by atoms with Gasteiger partial charge in [0.05, 0.1) is 35.9 Å². The Morgan fingerprint density at radius 1 is 1.19 bits per heavy atom. The Morgan fingerprint density at radius 3 is 2.62 bits per heavy atom. The summed E-state index contributed by atoms with van der Waals surface area (Å²) in [5, 5.41) is 3.65. The van der Waals surface area contributed by atoms with Crippen LogP contribution in [0.2, 0.25) is 5.02 Å². The fourth-order valence-electron chi connectivity index (χ4n) is 4.82. The van der Waals surface area contributed by atoms with Gasteiger partial charge >= 0.3 is 0 Å². The molecule has 1 aliphatic rings. The van der Waals surface area contributed by atoms with Crippen molar-refractivity contribution in [3.8, 4) is 0 Å². The molecule has 198 valence electrons. The van der Waals surface area contributed by atoms with Crippen molar-refractivity contribution in [1.29, 1.82) is 0 Å². The molecule has 0 radical (unpaired) electrons. The Hall–Kier alpha value is -2.95. The lowest BCUT2D eigenvalue weighted by atomic mass is 9.83. The van der Waals surface area contributed by atoms with Gasteiger partial charge in [0.2, 0.25) is 15.9 Å². The molecule has 2 N–H and O–H groups in total. The van der Waals surface area contributed by atoms with Crippen LogP contribution in [0.1, 0.15) is 49.0 Å². The number of carbonyl (C=O) groups is 2. The number of piperidine rings is 1. The average Bonchev–Trinajstić information content (AvgIpc) is 3.30. The molecule has 0 bridgehead atoms. The smallest absolute Gasteiger partial charge is 0.256 e. The number of sulfonamides is 1. The average molecular weight is 546 g/mol. The van der Waals surface area contributed by atoms with Gasteiger partial charge in [0, 0.05) is 30.2 Å². The highest BCUT2D eigenvalue weighted by atomic mass is 35.5. The van der Waals surface area contributed by atoms with E-state index < -0.39 is 33.4 Å². The molecule has 0 aliphatic carbocycles. The molecule has 9 nitrogen and oxygen atoms in total. The van der Waals surface area contributed by atoms with E-state index in [1.165, 1.54) is 0 Å². The van der Waals surface area contributed by atoms with Crippen molar-refractivity contribution in [1.82, 2.24) is 24.3 Å². The van der Waals surface area contributed by atoms with E-state index in [2.05, 4.69) is 15.0 Å². The third-order valence-electron chi connectivity index (χ3n) is 6.65. The number of benzene rings is 1. The van der Waals surface area contributed by atoms with Crippen molar-refractivity contribution >= 4 is 39.0 Å². The minimum Gasteiger partial charge on any atom is -0.350 e. The van der Waals surface area contributed by atoms with E-state index in [0.717, 1.165) is 11.8 Å². The minimum atomic E-state index is -3.64. The second-order valence-corrected chi connectivity index (χ2v) is 12.8. The summed E-state index contributed by atoms with van der Waals surface area (Å²) in [4.78, 5) is 32.9. The maximum Gasteiger partial charge on any atom is 0.256 e. The van der Waals surface area contributed by atoms with Gasteiger partial charge in [0.1, 0.15) is 6.04 Å². The summed E-state index contributed by atoms with van der Waals surface area (Å²) >= 11 is 6.27. The van der Waals surface area contributed by atoms with Crippen LogP contribution in [0.5, 0.6) is 0 Å². The number of nitrogens with zero attached hydrogens (tertiary/aromatic N) is 3. The lowest BCUT2D eigenvalue weighted by Gasteiger charge is -2.40. The first kappa shape index (κ1) is 27.1. The topological polar surface area (TPSA) is 113 Å². The lowest BCUT2D eigenvalue weighted by molar-refractivity contribution is -0.126. The number of aromatic nitrogens is 2. The number of nitrogens with one attached hydrogen (secondary N) is 2. The fraction of sp³-hybridized carbons (Fsp3) is 0.423. The quantitative estimate of drug-likeness (QED) is 0.494. The Kier molecular flexibility index (Phi) is 7.64. The van der Waals surface area contributed by atoms with E-state index in [1.54, 1.807) is 60.8 Å². The van der Waals surface area contributed by atoms with Gasteiger partial charge in [-0.25, -0.2) is 18.1 Å². The molecule has 1 saturated heterocycles. The molecule has 3 heterocycles. The summed E-state index contributed by atoms with van der Waals surface area (Å²) in [6.45, 7) is 6.14. The number of amides is 2. The Balaban J connectivity index is 1.64. The minimum absolute atomic E-state index is 0.115. The predicted octanol–water partition coefficient (Wildman–Crippen LogP) is 3.07. The largest absolute Gasteiger partial charge is 0.350 e. The molecule has 4 rings (SSSR count). The van der Waals surface area contributed by atoms with E-state index in [9.17, 15) is 18.0 Å². The van der Waals surface area contributed by atoms with Crippen LogP contribution in [-0.4, -0.2) is 65.9 Å². The standard InChI is InChI=1S/C26H32ClN5O4S/c1-26(2,3)23(30-37(4,35)36)24(33)29-21-15-31(12-10-19(21)17-7-5-8-18(27)13-17)25(34)20-9-6-11-32-16-28-14-22(20)32/h5-9,11,13-14,16,19,21,23,30H,10,12,15H2,1-4H3,(H,29,33)/t19-,21+,23+/m0/s1. The molecule has 3 atom stereocenters. The molecule has 11 heteroatoms. The van der Waals surface area contributed by atoms with Crippen LogP contribution >= 0.6 is 11.6 Å². The number of hydrogen-bond donors (Lipinski definition) is 2. The van der Waals surface area contributed by atoms with Crippen molar-refractivity contribution in [2.45, 2.75) is 45.2 Å². The molecule has 0 spiro atoms. The van der Waals surface area contributed by atoms with Crippen molar-refractivity contribution in [2.75, 3.05) is 19.3 Å². The molecule has 2 amide bonds. The molecular formula is C26H32ClN5O4S. The van der Waals surface area contributed by atoms with Gasteiger partial charge < -0.3 is 14.6 Å². The van der Waals surface area contributed by atoms with E-state index in [-0.39, 0.29) is 18.4 Å². The fourth-order valence-corrected chi connectivity index (χ4v) is 5.91. The molecule has 0 saturated carbocycles.